The number of aryl methyl sites for hydroxylation is 1. The summed E-state index contributed by atoms with van der Waals surface area (Å²) in [6, 6.07) is 7.56. The van der Waals surface area contributed by atoms with Crippen LogP contribution in [0.25, 0.3) is 10.4 Å². The predicted octanol–water partition coefficient (Wildman–Crippen LogP) is 5.93. The first kappa shape index (κ1) is 28.8. The van der Waals surface area contributed by atoms with Crippen LogP contribution in [0, 0.1) is 5.82 Å². The topological polar surface area (TPSA) is 124 Å². The molecule has 1 aromatic carbocycles. The lowest BCUT2D eigenvalue weighted by Crippen LogP contribution is -2.46. The van der Waals surface area contributed by atoms with E-state index in [9.17, 15) is 9.18 Å². The van der Waals surface area contributed by atoms with Crippen molar-refractivity contribution in [3.05, 3.63) is 48.1 Å². The Hall–Kier alpha value is -3.75. The van der Waals surface area contributed by atoms with E-state index in [0.29, 0.717) is 33.9 Å². The fourth-order valence-corrected chi connectivity index (χ4v) is 5.59. The summed E-state index contributed by atoms with van der Waals surface area (Å²) in [7, 11) is 0. The lowest BCUT2D eigenvalue weighted by molar-refractivity contribution is 0.258. The van der Waals surface area contributed by atoms with Crippen LogP contribution in [0.1, 0.15) is 26.0 Å². The van der Waals surface area contributed by atoms with E-state index in [2.05, 4.69) is 47.8 Å². The molecule has 4 aromatic rings. The third kappa shape index (κ3) is 7.31. The molecule has 1 aliphatic heterocycles. The van der Waals surface area contributed by atoms with Crippen molar-refractivity contribution >= 4 is 57.4 Å². The van der Waals surface area contributed by atoms with Crippen LogP contribution in [0.2, 0.25) is 0 Å². The van der Waals surface area contributed by atoms with Gasteiger partial charge in [-0.2, -0.15) is 0 Å². The van der Waals surface area contributed by atoms with Gasteiger partial charge in [-0.1, -0.05) is 48.2 Å². The number of anilines is 5. The molecule has 1 saturated heterocycles. The van der Waals surface area contributed by atoms with Gasteiger partial charge in [0.25, 0.3) is 0 Å². The van der Waals surface area contributed by atoms with Crippen molar-refractivity contribution in [3.63, 3.8) is 0 Å². The van der Waals surface area contributed by atoms with E-state index < -0.39 is 11.8 Å². The second-order valence-corrected chi connectivity index (χ2v) is 11.2. The number of rotatable bonds is 10. The summed E-state index contributed by atoms with van der Waals surface area (Å²) in [5.74, 6) is 1.88. The summed E-state index contributed by atoms with van der Waals surface area (Å²) in [5, 5.41) is 13.4. The Morgan fingerprint density at radius 1 is 1.10 bits per heavy atom. The number of hydrogen-bond acceptors (Lipinski definition) is 11. The van der Waals surface area contributed by atoms with Gasteiger partial charge in [-0.3, -0.25) is 10.2 Å². The molecule has 0 spiro atoms. The van der Waals surface area contributed by atoms with E-state index in [-0.39, 0.29) is 11.5 Å². The number of piperazine rings is 1. The average molecular weight is 598 g/mol. The highest BCUT2D eigenvalue weighted by molar-refractivity contribution is 7.98. The van der Waals surface area contributed by atoms with Gasteiger partial charge in [0, 0.05) is 50.9 Å². The first-order valence-corrected chi connectivity index (χ1v) is 15.4. The molecule has 0 atom stereocenters. The summed E-state index contributed by atoms with van der Waals surface area (Å²) in [5.41, 5.74) is 0.684. The van der Waals surface area contributed by atoms with Crippen molar-refractivity contribution in [2.45, 2.75) is 31.8 Å². The molecular formula is C27H32FN9O2S2. The van der Waals surface area contributed by atoms with Crippen molar-refractivity contribution in [2.24, 2.45) is 0 Å². The fourth-order valence-electron chi connectivity index (χ4n) is 4.40. The largest absolute Gasteiger partial charge is 0.359 e. The van der Waals surface area contributed by atoms with Crippen molar-refractivity contribution in [3.8, 4) is 10.4 Å². The average Bonchev–Trinajstić information content (AvgIpc) is 3.64. The molecule has 14 heteroatoms. The van der Waals surface area contributed by atoms with Crippen LogP contribution >= 0.6 is 23.1 Å². The maximum atomic E-state index is 14.9. The highest BCUT2D eigenvalue weighted by Crippen LogP contribution is 2.33. The van der Waals surface area contributed by atoms with Gasteiger partial charge < -0.3 is 20.1 Å². The number of urea groups is 1. The molecule has 0 bridgehead atoms. The molecule has 0 radical (unpaired) electrons. The molecule has 41 heavy (non-hydrogen) atoms. The monoisotopic (exact) mass is 597 g/mol. The number of hydrogen-bond donors (Lipinski definition) is 3. The maximum Gasteiger partial charge on any atom is 0.325 e. The van der Waals surface area contributed by atoms with Gasteiger partial charge in [-0.05, 0) is 36.9 Å². The van der Waals surface area contributed by atoms with Gasteiger partial charge in [0.1, 0.15) is 23.2 Å². The number of halogens is 1. The quantitative estimate of drug-likeness (QED) is 0.150. The molecule has 3 aromatic heterocycles. The molecule has 1 aliphatic rings. The Bertz CT molecular complexity index is 1490. The van der Waals surface area contributed by atoms with Gasteiger partial charge in [-0.15, -0.1) is 0 Å². The molecule has 11 nitrogen and oxygen atoms in total. The molecule has 0 aliphatic carbocycles. The number of aromatic nitrogens is 4. The van der Waals surface area contributed by atoms with E-state index in [0.717, 1.165) is 49.8 Å². The highest BCUT2D eigenvalue weighted by atomic mass is 32.2. The normalized spacial score (nSPS) is 13.8. The van der Waals surface area contributed by atoms with Crippen LogP contribution in [-0.2, 0) is 6.42 Å². The second kappa shape index (κ2) is 13.3. The number of amides is 2. The first-order valence-electron chi connectivity index (χ1n) is 13.4. The van der Waals surface area contributed by atoms with E-state index in [1.807, 2.05) is 19.2 Å². The summed E-state index contributed by atoms with van der Waals surface area (Å²) in [4.78, 5) is 31.6. The minimum absolute atomic E-state index is 0.0435. The second-order valence-electron chi connectivity index (χ2n) is 9.39. The van der Waals surface area contributed by atoms with Crippen LogP contribution in [0.15, 0.2) is 46.2 Å². The Kier molecular flexibility index (Phi) is 9.31. The van der Waals surface area contributed by atoms with Crippen LogP contribution in [-0.4, -0.2) is 70.0 Å². The number of thiazole rings is 1. The molecule has 4 heterocycles. The van der Waals surface area contributed by atoms with E-state index in [1.165, 1.54) is 35.2 Å². The van der Waals surface area contributed by atoms with Gasteiger partial charge >= 0.3 is 6.03 Å². The molecule has 1 fully saturated rings. The molecular weight excluding hydrogens is 565 g/mol. The zero-order valence-corrected chi connectivity index (χ0v) is 24.7. The highest BCUT2D eigenvalue weighted by Gasteiger charge is 2.19. The summed E-state index contributed by atoms with van der Waals surface area (Å²) in [6.45, 7) is 9.11. The Balaban J connectivity index is 1.24. The van der Waals surface area contributed by atoms with Gasteiger partial charge in [0.15, 0.2) is 16.1 Å². The molecule has 216 valence electrons. The molecule has 0 unspecified atom stereocenters. The predicted molar refractivity (Wildman–Crippen MR) is 162 cm³/mol. The number of nitrogens with zero attached hydrogens (tertiary/aromatic N) is 6. The molecule has 0 saturated carbocycles. The number of thioether (sulfide) groups is 1. The van der Waals surface area contributed by atoms with Crippen LogP contribution in [0.5, 0.6) is 0 Å². The third-order valence-corrected chi connectivity index (χ3v) is 8.01. The minimum atomic E-state index is -0.617. The number of carbonyl (C=O) groups excluding carboxylic acids is 1. The van der Waals surface area contributed by atoms with Crippen LogP contribution < -0.4 is 20.9 Å². The lowest BCUT2D eigenvalue weighted by Gasteiger charge is -2.35. The van der Waals surface area contributed by atoms with E-state index in [1.54, 1.807) is 18.3 Å². The van der Waals surface area contributed by atoms with Crippen molar-refractivity contribution < 1.29 is 13.7 Å². The Morgan fingerprint density at radius 2 is 1.93 bits per heavy atom. The Labute approximate surface area is 245 Å². The summed E-state index contributed by atoms with van der Waals surface area (Å²) >= 11 is 2.87. The van der Waals surface area contributed by atoms with E-state index in [4.69, 9.17) is 9.51 Å². The van der Waals surface area contributed by atoms with Crippen molar-refractivity contribution in [2.75, 3.05) is 59.8 Å². The standard InChI is InChI=1S/C27H32FN9O2S2/c1-4-8-36-9-11-37(12-10-36)24-15-22(33-27(34-24)40-3)32-26-29-16-21(41-26)17-6-7-20(19(28)13-17)30-25(38)31-23-14-18(5-2)39-35-23/h6-7,13-16H,4-5,8-12H2,1-3H3,(H,29,32,33,34)(H2,30,31,35,38). The fraction of sp³-hybridized carbons (Fsp3) is 0.370. The Morgan fingerprint density at radius 3 is 2.63 bits per heavy atom. The van der Waals surface area contributed by atoms with Gasteiger partial charge in [-0.25, -0.2) is 24.1 Å². The zero-order valence-electron chi connectivity index (χ0n) is 23.1. The maximum absolute atomic E-state index is 14.9. The number of carbonyl (C=O) groups is 1. The zero-order chi connectivity index (χ0) is 28.8. The number of nitrogens with one attached hydrogen (secondary N) is 3. The van der Waals surface area contributed by atoms with Crippen LogP contribution in [0.4, 0.5) is 37.5 Å². The summed E-state index contributed by atoms with van der Waals surface area (Å²) in [6.07, 6.45) is 5.44. The number of benzene rings is 1. The van der Waals surface area contributed by atoms with Gasteiger partial charge in [0.2, 0.25) is 0 Å². The van der Waals surface area contributed by atoms with Crippen molar-refractivity contribution in [1.82, 2.24) is 25.0 Å². The van der Waals surface area contributed by atoms with Crippen molar-refractivity contribution in [1.29, 1.82) is 0 Å². The van der Waals surface area contributed by atoms with Crippen LogP contribution in [0.3, 0.4) is 0 Å². The van der Waals surface area contributed by atoms with E-state index >= 15 is 0 Å². The molecule has 5 rings (SSSR count). The summed E-state index contributed by atoms with van der Waals surface area (Å²) < 4.78 is 19.9. The first-order chi connectivity index (χ1) is 19.9. The molecule has 3 N–H and O–H groups in total. The third-order valence-electron chi connectivity index (χ3n) is 6.50. The smallest absolute Gasteiger partial charge is 0.325 e. The van der Waals surface area contributed by atoms with Gasteiger partial charge in [0.05, 0.1) is 10.6 Å². The minimum Gasteiger partial charge on any atom is -0.359 e. The SMILES string of the molecule is CCCN1CCN(c2cc(Nc3ncc(-c4ccc(NC(=O)Nc5cc(CC)on5)c(F)c4)s3)nc(SC)n2)CC1. The molecule has 2 amide bonds. The lowest BCUT2D eigenvalue weighted by atomic mass is 10.2.